The van der Waals surface area contributed by atoms with E-state index >= 15 is 0 Å². The summed E-state index contributed by atoms with van der Waals surface area (Å²) >= 11 is 1.55. The molecule has 1 saturated carbocycles. The fourth-order valence-corrected chi connectivity index (χ4v) is 5.43. The van der Waals surface area contributed by atoms with Gasteiger partial charge in [0.05, 0.1) is 11.0 Å². The molecule has 0 radical (unpaired) electrons. The van der Waals surface area contributed by atoms with Crippen LogP contribution in [-0.2, 0) is 14.6 Å². The standard InChI is InChI=1S/C17H20N2O3S2/c20-16(9-12-24(21,22)15-3-1-2-4-15)19-14-7-5-13(6-8-14)17-18-10-11-23-17/h5-8,10-11,15H,1-4,9,12H2,(H,19,20). The predicted molar refractivity (Wildman–Crippen MR) is 96.8 cm³/mol. The Hall–Kier alpha value is -1.73. The Morgan fingerprint density at radius 2 is 1.92 bits per heavy atom. The SMILES string of the molecule is O=C(CCS(=O)(=O)C1CCCC1)Nc1ccc(-c2nccs2)cc1. The van der Waals surface area contributed by atoms with Crippen LogP contribution in [0.5, 0.6) is 0 Å². The van der Waals surface area contributed by atoms with Crippen molar-refractivity contribution in [3.8, 4) is 10.6 Å². The average Bonchev–Trinajstić information content (AvgIpc) is 3.27. The van der Waals surface area contributed by atoms with Crippen molar-refractivity contribution in [3.63, 3.8) is 0 Å². The van der Waals surface area contributed by atoms with Gasteiger partial charge in [-0.25, -0.2) is 13.4 Å². The summed E-state index contributed by atoms with van der Waals surface area (Å²) in [5.74, 6) is -0.334. The molecule has 0 unspecified atom stereocenters. The van der Waals surface area contributed by atoms with E-state index in [2.05, 4.69) is 10.3 Å². The van der Waals surface area contributed by atoms with Crippen LogP contribution >= 0.6 is 11.3 Å². The lowest BCUT2D eigenvalue weighted by Gasteiger charge is -2.11. The molecule has 3 rings (SSSR count). The van der Waals surface area contributed by atoms with Crippen molar-refractivity contribution in [3.05, 3.63) is 35.8 Å². The summed E-state index contributed by atoms with van der Waals surface area (Å²) < 4.78 is 24.4. The third-order valence-electron chi connectivity index (χ3n) is 4.27. The maximum atomic E-state index is 12.2. The third kappa shape index (κ3) is 4.21. The summed E-state index contributed by atoms with van der Waals surface area (Å²) in [6, 6.07) is 7.40. The van der Waals surface area contributed by atoms with E-state index in [1.807, 2.05) is 17.5 Å². The van der Waals surface area contributed by atoms with Crippen LogP contribution in [0.25, 0.3) is 10.6 Å². The van der Waals surface area contributed by atoms with E-state index in [-0.39, 0.29) is 23.3 Å². The molecule has 1 N–H and O–H groups in total. The minimum Gasteiger partial charge on any atom is -0.326 e. The summed E-state index contributed by atoms with van der Waals surface area (Å²) in [5.41, 5.74) is 1.66. The molecule has 1 aliphatic rings. The van der Waals surface area contributed by atoms with E-state index in [1.165, 1.54) is 0 Å². The second-order valence-electron chi connectivity index (χ2n) is 5.99. The molecular formula is C17H20N2O3S2. The Labute approximate surface area is 146 Å². The van der Waals surface area contributed by atoms with Crippen molar-refractivity contribution >= 4 is 32.8 Å². The highest BCUT2D eigenvalue weighted by Gasteiger charge is 2.28. The number of sulfone groups is 1. The average molecular weight is 364 g/mol. The lowest BCUT2D eigenvalue weighted by Crippen LogP contribution is -2.24. The van der Waals surface area contributed by atoms with Crippen LogP contribution in [0.3, 0.4) is 0 Å². The van der Waals surface area contributed by atoms with E-state index < -0.39 is 9.84 Å². The monoisotopic (exact) mass is 364 g/mol. The molecule has 1 aromatic heterocycles. The van der Waals surface area contributed by atoms with Crippen LogP contribution in [0, 0.1) is 0 Å². The molecule has 0 atom stereocenters. The lowest BCUT2D eigenvalue weighted by molar-refractivity contribution is -0.115. The van der Waals surface area contributed by atoms with Gasteiger partial charge < -0.3 is 5.32 Å². The van der Waals surface area contributed by atoms with Gasteiger partial charge in [0.25, 0.3) is 0 Å². The summed E-state index contributed by atoms with van der Waals surface area (Å²) in [5, 5.41) is 5.35. The first kappa shape index (κ1) is 17.1. The number of nitrogens with one attached hydrogen (secondary N) is 1. The van der Waals surface area contributed by atoms with Crippen molar-refractivity contribution in [1.82, 2.24) is 4.98 Å². The van der Waals surface area contributed by atoms with Crippen LogP contribution in [0.1, 0.15) is 32.1 Å². The number of carbonyl (C=O) groups is 1. The number of hydrogen-bond donors (Lipinski definition) is 1. The number of anilines is 1. The molecule has 0 bridgehead atoms. The maximum Gasteiger partial charge on any atom is 0.225 e. The molecule has 1 heterocycles. The van der Waals surface area contributed by atoms with Gasteiger partial charge in [-0.15, -0.1) is 11.3 Å². The molecule has 7 heteroatoms. The molecule has 128 valence electrons. The van der Waals surface area contributed by atoms with E-state index in [1.54, 1.807) is 29.7 Å². The van der Waals surface area contributed by atoms with E-state index in [0.717, 1.165) is 36.3 Å². The fourth-order valence-electron chi connectivity index (χ4n) is 2.93. The van der Waals surface area contributed by atoms with Gasteiger partial charge in [0.15, 0.2) is 9.84 Å². The number of benzene rings is 1. The van der Waals surface area contributed by atoms with Gasteiger partial charge in [-0.05, 0) is 37.1 Å². The zero-order valence-electron chi connectivity index (χ0n) is 13.3. The highest BCUT2D eigenvalue weighted by atomic mass is 32.2. The van der Waals surface area contributed by atoms with Gasteiger partial charge in [0.1, 0.15) is 5.01 Å². The number of hydrogen-bond acceptors (Lipinski definition) is 5. The molecule has 1 fully saturated rings. The first-order chi connectivity index (χ1) is 11.5. The number of rotatable bonds is 6. The number of nitrogens with zero attached hydrogens (tertiary/aromatic N) is 1. The van der Waals surface area contributed by atoms with Crippen molar-refractivity contribution in [2.24, 2.45) is 0 Å². The van der Waals surface area contributed by atoms with Gasteiger partial charge >= 0.3 is 0 Å². The zero-order chi connectivity index (χ0) is 17.0. The van der Waals surface area contributed by atoms with Crippen molar-refractivity contribution in [2.45, 2.75) is 37.4 Å². The van der Waals surface area contributed by atoms with Crippen LogP contribution < -0.4 is 5.32 Å². The van der Waals surface area contributed by atoms with Gasteiger partial charge in [-0.1, -0.05) is 12.8 Å². The Morgan fingerprint density at radius 1 is 1.21 bits per heavy atom. The topological polar surface area (TPSA) is 76.1 Å². The van der Waals surface area contributed by atoms with Crippen LogP contribution in [0.4, 0.5) is 5.69 Å². The molecule has 5 nitrogen and oxygen atoms in total. The molecule has 1 amide bonds. The quantitative estimate of drug-likeness (QED) is 0.851. The second kappa shape index (κ2) is 7.44. The number of thiazole rings is 1. The molecule has 0 aliphatic heterocycles. The molecule has 1 aromatic carbocycles. The van der Waals surface area contributed by atoms with Crippen molar-refractivity contribution in [1.29, 1.82) is 0 Å². The largest absolute Gasteiger partial charge is 0.326 e. The zero-order valence-corrected chi connectivity index (χ0v) is 14.9. The van der Waals surface area contributed by atoms with E-state index in [9.17, 15) is 13.2 Å². The first-order valence-corrected chi connectivity index (χ1v) is 10.7. The van der Waals surface area contributed by atoms with Gasteiger partial charge in [0.2, 0.25) is 5.91 Å². The third-order valence-corrected chi connectivity index (χ3v) is 7.35. The van der Waals surface area contributed by atoms with E-state index in [0.29, 0.717) is 5.69 Å². The normalized spacial score (nSPS) is 15.5. The summed E-state index contributed by atoms with van der Waals surface area (Å²) in [6.07, 6.45) is 5.18. The van der Waals surface area contributed by atoms with Gasteiger partial charge in [-0.3, -0.25) is 4.79 Å². The first-order valence-electron chi connectivity index (χ1n) is 8.06. The Bertz CT molecular complexity index is 778. The van der Waals surface area contributed by atoms with Crippen molar-refractivity contribution in [2.75, 3.05) is 11.1 Å². The summed E-state index contributed by atoms with van der Waals surface area (Å²) in [6.45, 7) is 0. The van der Waals surface area contributed by atoms with Crippen LogP contribution in [0.15, 0.2) is 35.8 Å². The molecular weight excluding hydrogens is 344 g/mol. The number of carbonyl (C=O) groups excluding carboxylic acids is 1. The highest BCUT2D eigenvalue weighted by molar-refractivity contribution is 7.92. The fraction of sp³-hybridized carbons (Fsp3) is 0.412. The lowest BCUT2D eigenvalue weighted by atomic mass is 10.2. The predicted octanol–water partition coefficient (Wildman–Crippen LogP) is 3.50. The summed E-state index contributed by atoms with van der Waals surface area (Å²) in [7, 11) is -3.15. The van der Waals surface area contributed by atoms with Gasteiger partial charge in [-0.2, -0.15) is 0 Å². The smallest absolute Gasteiger partial charge is 0.225 e. The minimum absolute atomic E-state index is 0.00701. The van der Waals surface area contributed by atoms with Crippen molar-refractivity contribution < 1.29 is 13.2 Å². The van der Waals surface area contributed by atoms with Crippen LogP contribution in [-0.4, -0.2) is 30.3 Å². The molecule has 2 aromatic rings. The molecule has 0 saturated heterocycles. The Balaban J connectivity index is 1.53. The number of aromatic nitrogens is 1. The second-order valence-corrected chi connectivity index (χ2v) is 9.28. The maximum absolute atomic E-state index is 12.2. The Kier molecular flexibility index (Phi) is 5.30. The molecule has 24 heavy (non-hydrogen) atoms. The molecule has 1 aliphatic carbocycles. The highest BCUT2D eigenvalue weighted by Crippen LogP contribution is 2.26. The van der Waals surface area contributed by atoms with Crippen LogP contribution in [0.2, 0.25) is 0 Å². The summed E-state index contributed by atoms with van der Waals surface area (Å²) in [4.78, 5) is 16.2. The minimum atomic E-state index is -3.15. The number of amides is 1. The Morgan fingerprint density at radius 3 is 2.54 bits per heavy atom. The van der Waals surface area contributed by atoms with Gasteiger partial charge in [0, 0.05) is 29.2 Å². The van der Waals surface area contributed by atoms with E-state index in [4.69, 9.17) is 0 Å². The molecule has 0 spiro atoms.